The highest BCUT2D eigenvalue weighted by Crippen LogP contribution is 2.23. The van der Waals surface area contributed by atoms with E-state index in [1.54, 1.807) is 6.92 Å². The monoisotopic (exact) mass is 303 g/mol. The van der Waals surface area contributed by atoms with E-state index in [1.807, 2.05) is 30.3 Å². The zero-order valence-electron chi connectivity index (χ0n) is 7.01. The van der Waals surface area contributed by atoms with Gasteiger partial charge in [0.05, 0.1) is 11.1 Å². The zero-order valence-corrected chi connectivity index (χ0v) is 9.93. The molecule has 0 spiro atoms. The highest BCUT2D eigenvalue weighted by molar-refractivity contribution is 14.1. The van der Waals surface area contributed by atoms with E-state index in [0.29, 0.717) is 10.6 Å². The molecular formula is C10H7ClIN. The second kappa shape index (κ2) is 4.64. The highest BCUT2D eigenvalue weighted by Gasteiger charge is 2.01. The molecule has 0 aromatic heterocycles. The van der Waals surface area contributed by atoms with E-state index >= 15 is 0 Å². The van der Waals surface area contributed by atoms with Gasteiger partial charge in [0.25, 0.3) is 0 Å². The van der Waals surface area contributed by atoms with E-state index < -0.39 is 0 Å². The van der Waals surface area contributed by atoms with Gasteiger partial charge in [0, 0.05) is 9.14 Å². The van der Waals surface area contributed by atoms with E-state index in [-0.39, 0.29) is 0 Å². The molecule has 0 radical (unpaired) electrons. The second-order valence-corrected chi connectivity index (χ2v) is 4.18. The van der Waals surface area contributed by atoms with Crippen molar-refractivity contribution in [2.75, 3.05) is 0 Å². The molecule has 0 bridgehead atoms. The molecule has 0 N–H and O–H groups in total. The minimum atomic E-state index is 0.527. The number of hydrogen-bond acceptors (Lipinski definition) is 1. The summed E-state index contributed by atoms with van der Waals surface area (Å²) in [6.45, 7) is 1.71. The number of hydrogen-bond donors (Lipinski definition) is 0. The molecule has 0 aliphatic carbocycles. The van der Waals surface area contributed by atoms with Crippen LogP contribution in [0.2, 0.25) is 0 Å². The molecule has 13 heavy (non-hydrogen) atoms. The number of benzene rings is 1. The minimum absolute atomic E-state index is 0.527. The van der Waals surface area contributed by atoms with Crippen molar-refractivity contribution in [3.05, 3.63) is 39.0 Å². The van der Waals surface area contributed by atoms with Crippen LogP contribution >= 0.6 is 34.2 Å². The molecule has 0 fully saturated rings. The van der Waals surface area contributed by atoms with Crippen molar-refractivity contribution in [3.8, 4) is 6.07 Å². The van der Waals surface area contributed by atoms with E-state index in [0.717, 1.165) is 9.13 Å². The third-order valence-corrected chi connectivity index (χ3v) is 2.82. The van der Waals surface area contributed by atoms with Gasteiger partial charge >= 0.3 is 0 Å². The van der Waals surface area contributed by atoms with Gasteiger partial charge in [-0.1, -0.05) is 23.7 Å². The zero-order chi connectivity index (χ0) is 9.84. The summed E-state index contributed by atoms with van der Waals surface area (Å²) in [5, 5.41) is 9.15. The third kappa shape index (κ3) is 2.71. The molecule has 3 heteroatoms. The van der Waals surface area contributed by atoms with Crippen LogP contribution in [0.5, 0.6) is 0 Å². The molecule has 0 amide bonds. The van der Waals surface area contributed by atoms with Gasteiger partial charge in [0.15, 0.2) is 0 Å². The fourth-order valence-corrected chi connectivity index (χ4v) is 1.39. The topological polar surface area (TPSA) is 23.8 Å². The molecule has 0 aliphatic heterocycles. The molecule has 0 heterocycles. The molecular weight excluding hydrogens is 296 g/mol. The van der Waals surface area contributed by atoms with Crippen LogP contribution in [0.15, 0.2) is 29.8 Å². The lowest BCUT2D eigenvalue weighted by Crippen LogP contribution is -1.81. The minimum Gasteiger partial charge on any atom is -0.193 e. The van der Waals surface area contributed by atoms with E-state index in [1.165, 1.54) is 0 Å². The van der Waals surface area contributed by atoms with Crippen molar-refractivity contribution in [1.82, 2.24) is 0 Å². The predicted molar refractivity (Wildman–Crippen MR) is 63.2 cm³/mol. The Hall–Kier alpha value is -0.530. The second-order valence-electron chi connectivity index (χ2n) is 2.56. The van der Waals surface area contributed by atoms with Crippen LogP contribution < -0.4 is 0 Å². The molecule has 1 rings (SSSR count). The fraction of sp³-hybridized carbons (Fsp3) is 0.100. The van der Waals surface area contributed by atoms with Gasteiger partial charge in [0.1, 0.15) is 0 Å². The van der Waals surface area contributed by atoms with Gasteiger partial charge in [-0.2, -0.15) is 5.26 Å². The Morgan fingerprint density at radius 1 is 1.38 bits per heavy atom. The number of nitriles is 1. The van der Waals surface area contributed by atoms with Crippen LogP contribution in [0.25, 0.3) is 5.03 Å². The van der Waals surface area contributed by atoms with Crippen molar-refractivity contribution in [1.29, 1.82) is 5.26 Å². The van der Waals surface area contributed by atoms with Crippen LogP contribution in [0.1, 0.15) is 12.5 Å². The highest BCUT2D eigenvalue weighted by atomic mass is 127. The largest absolute Gasteiger partial charge is 0.193 e. The summed E-state index contributed by atoms with van der Waals surface area (Å²) >= 11 is 8.19. The number of rotatable bonds is 1. The van der Waals surface area contributed by atoms with Crippen LogP contribution in [0.3, 0.4) is 0 Å². The Morgan fingerprint density at radius 3 is 2.38 bits per heavy atom. The SMILES string of the molecule is CC(C#N)=C(Cl)c1ccc(I)cc1. The van der Waals surface area contributed by atoms with Crippen LogP contribution in [0, 0.1) is 14.9 Å². The summed E-state index contributed by atoms with van der Waals surface area (Å²) < 4.78 is 1.15. The van der Waals surface area contributed by atoms with Crippen LogP contribution in [-0.4, -0.2) is 0 Å². The summed E-state index contributed by atoms with van der Waals surface area (Å²) in [5.41, 5.74) is 1.43. The lowest BCUT2D eigenvalue weighted by atomic mass is 10.1. The molecule has 1 aromatic carbocycles. The molecule has 0 atom stereocenters. The third-order valence-electron chi connectivity index (χ3n) is 1.59. The van der Waals surface area contributed by atoms with Gasteiger partial charge in [0.2, 0.25) is 0 Å². The average molecular weight is 304 g/mol. The summed E-state index contributed by atoms with van der Waals surface area (Å²) in [6.07, 6.45) is 0. The normalized spacial score (nSPS) is 11.8. The standard InChI is InChI=1S/C10H7ClIN/c1-7(6-13)10(11)8-2-4-9(12)5-3-8/h2-5H,1H3. The quantitative estimate of drug-likeness (QED) is 0.572. The Labute approximate surface area is 96.2 Å². The summed E-state index contributed by atoms with van der Waals surface area (Å²) in [5.74, 6) is 0. The number of nitrogens with zero attached hydrogens (tertiary/aromatic N) is 1. The Balaban J connectivity index is 3.12. The van der Waals surface area contributed by atoms with Crippen LogP contribution in [-0.2, 0) is 0 Å². The van der Waals surface area contributed by atoms with Gasteiger partial charge in [-0.15, -0.1) is 0 Å². The average Bonchev–Trinajstić information content (AvgIpc) is 2.17. The molecule has 0 saturated heterocycles. The van der Waals surface area contributed by atoms with Gasteiger partial charge in [-0.3, -0.25) is 0 Å². The summed E-state index contributed by atoms with van der Waals surface area (Å²) in [4.78, 5) is 0. The maximum Gasteiger partial charge on any atom is 0.0959 e. The van der Waals surface area contributed by atoms with Crippen molar-refractivity contribution in [2.24, 2.45) is 0 Å². The first-order chi connectivity index (χ1) is 6.15. The Morgan fingerprint density at radius 2 is 1.92 bits per heavy atom. The van der Waals surface area contributed by atoms with E-state index in [4.69, 9.17) is 16.9 Å². The molecule has 0 saturated carbocycles. The Kier molecular flexibility index (Phi) is 3.76. The first kappa shape index (κ1) is 10.6. The number of allylic oxidation sites excluding steroid dienone is 1. The number of halogens is 2. The maximum absolute atomic E-state index is 8.63. The molecule has 1 nitrogen and oxygen atoms in total. The first-order valence-electron chi connectivity index (χ1n) is 3.67. The lowest BCUT2D eigenvalue weighted by molar-refractivity contribution is 1.45. The predicted octanol–water partition coefficient (Wildman–Crippen LogP) is 3.78. The molecule has 0 unspecified atom stereocenters. The smallest absolute Gasteiger partial charge is 0.0959 e. The van der Waals surface area contributed by atoms with Crippen LogP contribution in [0.4, 0.5) is 0 Å². The van der Waals surface area contributed by atoms with Crippen molar-refractivity contribution in [3.63, 3.8) is 0 Å². The van der Waals surface area contributed by atoms with Gasteiger partial charge < -0.3 is 0 Å². The first-order valence-corrected chi connectivity index (χ1v) is 5.13. The van der Waals surface area contributed by atoms with E-state index in [9.17, 15) is 0 Å². The fourth-order valence-electron chi connectivity index (χ4n) is 0.862. The van der Waals surface area contributed by atoms with E-state index in [2.05, 4.69) is 22.6 Å². The van der Waals surface area contributed by atoms with Crippen molar-refractivity contribution < 1.29 is 0 Å². The summed E-state index contributed by atoms with van der Waals surface area (Å²) in [6, 6.07) is 9.76. The van der Waals surface area contributed by atoms with Crippen molar-refractivity contribution >= 4 is 39.2 Å². The van der Waals surface area contributed by atoms with Gasteiger partial charge in [-0.25, -0.2) is 0 Å². The van der Waals surface area contributed by atoms with Crippen molar-refractivity contribution in [2.45, 2.75) is 6.92 Å². The summed E-state index contributed by atoms with van der Waals surface area (Å²) in [7, 11) is 0. The maximum atomic E-state index is 8.63. The molecule has 1 aromatic rings. The lowest BCUT2D eigenvalue weighted by Gasteiger charge is -1.99. The molecule has 66 valence electrons. The Bertz CT molecular complexity index is 373. The molecule has 0 aliphatic rings. The van der Waals surface area contributed by atoms with Gasteiger partial charge in [-0.05, 0) is 47.2 Å².